The van der Waals surface area contributed by atoms with Crippen LogP contribution in [0.3, 0.4) is 0 Å². The van der Waals surface area contributed by atoms with Crippen LogP contribution in [0.15, 0.2) is 24.6 Å². The van der Waals surface area contributed by atoms with Gasteiger partial charge in [0, 0.05) is 50.7 Å². The molecule has 6 fully saturated rings. The Kier molecular flexibility index (Phi) is 11.8. The van der Waals surface area contributed by atoms with Crippen LogP contribution in [-0.2, 0) is 33.9 Å². The van der Waals surface area contributed by atoms with Crippen LogP contribution in [0.1, 0.15) is 65.2 Å². The fourth-order valence-corrected chi connectivity index (χ4v) is 7.55. The second-order valence-electron chi connectivity index (χ2n) is 13.5. The number of hydrogen-bond donors (Lipinski definition) is 4. The minimum Gasteiger partial charge on any atom is -0.375 e. The average molecular weight is 729 g/mol. The average Bonchev–Trinajstić information content (AvgIpc) is 3.45. The molecule has 4 N–H and O–H groups in total. The highest BCUT2D eigenvalue weighted by Gasteiger charge is 2.50. The van der Waals surface area contributed by atoms with Crippen molar-refractivity contribution in [1.29, 1.82) is 0 Å². The summed E-state index contributed by atoms with van der Waals surface area (Å²) in [5.74, 6) is -0.771. The predicted octanol–water partition coefficient (Wildman–Crippen LogP) is 0.725. The van der Waals surface area contributed by atoms with Crippen molar-refractivity contribution in [3.8, 4) is 0 Å². The summed E-state index contributed by atoms with van der Waals surface area (Å²) in [6.07, 6.45) is 4.88. The summed E-state index contributed by atoms with van der Waals surface area (Å²) < 4.78 is 34.9. The van der Waals surface area contributed by atoms with Crippen LogP contribution >= 0.6 is 0 Å². The van der Waals surface area contributed by atoms with E-state index in [1.807, 2.05) is 13.8 Å². The number of nitrogens with one attached hydrogen (secondary N) is 2. The van der Waals surface area contributed by atoms with Crippen molar-refractivity contribution < 1.29 is 51.3 Å². The van der Waals surface area contributed by atoms with Gasteiger partial charge in [-0.2, -0.15) is 13.5 Å². The molecule has 0 unspecified atom stereocenters. The molecule has 4 bridgehead atoms. The topological polar surface area (TPSA) is 214 Å². The molecule has 6 amide bonds. The Morgan fingerprint density at radius 2 is 1.14 bits per heavy atom. The highest BCUT2D eigenvalue weighted by molar-refractivity contribution is 7.80. The highest BCUT2D eigenvalue weighted by Crippen LogP contribution is 2.31. The highest BCUT2D eigenvalue weighted by atomic mass is 32.3. The number of carbonyl (C=O) groups excluding carboxylic acids is 4. The van der Waals surface area contributed by atoms with Gasteiger partial charge in [0.15, 0.2) is 0 Å². The molecule has 6 saturated heterocycles. The van der Waals surface area contributed by atoms with Crippen LogP contribution in [0.2, 0.25) is 0 Å². The molecule has 0 aromatic carbocycles. The summed E-state index contributed by atoms with van der Waals surface area (Å²) >= 11 is 0. The van der Waals surface area contributed by atoms with E-state index < -0.39 is 46.5 Å². The third-order valence-electron chi connectivity index (χ3n) is 10.1. The first-order chi connectivity index (χ1) is 23.6. The van der Waals surface area contributed by atoms with Crippen molar-refractivity contribution >= 4 is 34.3 Å². The monoisotopic (exact) mass is 728 g/mol. The molecular weight excluding hydrogens is 680 g/mol. The van der Waals surface area contributed by atoms with Gasteiger partial charge in [-0.1, -0.05) is 13.2 Å². The number of hydrogen-bond acceptors (Lipinski definition) is 12. The fraction of sp³-hybridized carbons (Fsp3) is 0.733. The van der Waals surface area contributed by atoms with Crippen molar-refractivity contribution in [2.24, 2.45) is 0 Å². The Morgan fingerprint density at radius 3 is 1.58 bits per heavy atom. The van der Waals surface area contributed by atoms with Gasteiger partial charge in [-0.25, -0.2) is 25.6 Å². The lowest BCUT2D eigenvalue weighted by atomic mass is 10.0. The molecule has 0 spiro atoms. The quantitative estimate of drug-likeness (QED) is 0.139. The van der Waals surface area contributed by atoms with E-state index in [4.69, 9.17) is 14.2 Å². The lowest BCUT2D eigenvalue weighted by molar-refractivity contribution is -0.146. The molecular formula is C30H48N8O11S. The number of nitrogens with zero attached hydrogens (tertiary/aromatic N) is 6. The molecule has 6 aliphatic heterocycles. The maximum absolute atomic E-state index is 12.5. The fourth-order valence-electron chi connectivity index (χ4n) is 7.16. The molecule has 0 aromatic heterocycles. The molecule has 19 nitrogen and oxygen atoms in total. The first-order valence-electron chi connectivity index (χ1n) is 16.9. The van der Waals surface area contributed by atoms with Crippen molar-refractivity contribution in [1.82, 2.24) is 40.7 Å². The van der Waals surface area contributed by atoms with E-state index in [1.54, 1.807) is 0 Å². The van der Waals surface area contributed by atoms with Crippen molar-refractivity contribution in [3.05, 3.63) is 24.6 Å². The minimum atomic E-state index is -4.81. The van der Waals surface area contributed by atoms with Gasteiger partial charge in [0.25, 0.3) is 11.8 Å². The first kappa shape index (κ1) is 37.6. The van der Waals surface area contributed by atoms with Crippen molar-refractivity contribution in [3.63, 3.8) is 0 Å². The van der Waals surface area contributed by atoms with Crippen LogP contribution in [0.4, 0.5) is 9.59 Å². The van der Waals surface area contributed by atoms with Crippen LogP contribution in [0.25, 0.3) is 0 Å². The van der Waals surface area contributed by atoms with E-state index in [2.05, 4.69) is 38.2 Å². The Bertz CT molecular complexity index is 1430. The van der Waals surface area contributed by atoms with Gasteiger partial charge in [-0.15, -0.1) is 4.28 Å². The van der Waals surface area contributed by atoms with Crippen molar-refractivity contribution in [2.75, 3.05) is 39.3 Å². The summed E-state index contributed by atoms with van der Waals surface area (Å²) in [5.41, 5.74) is 6.99. The minimum absolute atomic E-state index is 0.0190. The molecule has 4 atom stereocenters. The zero-order chi connectivity index (χ0) is 36.3. The number of carbonyl (C=O) groups is 4. The maximum atomic E-state index is 12.5. The molecule has 0 radical (unpaired) electrons. The van der Waals surface area contributed by atoms with E-state index in [9.17, 15) is 32.8 Å². The van der Waals surface area contributed by atoms with E-state index in [-0.39, 0.29) is 30.7 Å². The smallest absolute Gasteiger partial charge is 0.375 e. The lowest BCUT2D eigenvalue weighted by Gasteiger charge is -2.34. The van der Waals surface area contributed by atoms with Gasteiger partial charge in [-0.3, -0.25) is 29.0 Å². The third kappa shape index (κ3) is 8.78. The molecule has 0 aliphatic carbocycles. The van der Waals surface area contributed by atoms with E-state index in [0.717, 1.165) is 68.3 Å². The number of piperidine rings is 4. The standard InChI is InChI=1S/C15H24N4O7S.C15H24N4O4/c1-10(2)17-7-5-12(6-8-17)25-16-14(20)13-4-3-11-9-18(13)15(21)19(11)26-27(22,23)24;1-10(2)17-7-5-12(6-8-17)23-16-14(20)13-4-3-11-9-18(13)15(21)19(11)22/h11-13H,1,3-9H2,2H3,(H,16,20)(H,22,23,24);11-13,22H,1,3-9H2,2H3,(H,16,20)/t2*11-,13+/m11/s1. The first-order valence-corrected chi connectivity index (χ1v) is 18.3. The predicted molar refractivity (Wildman–Crippen MR) is 173 cm³/mol. The summed E-state index contributed by atoms with van der Waals surface area (Å²) in [5, 5.41) is 11.0. The molecule has 6 aliphatic rings. The van der Waals surface area contributed by atoms with E-state index >= 15 is 0 Å². The van der Waals surface area contributed by atoms with Crippen molar-refractivity contribution in [2.45, 2.75) is 102 Å². The Balaban J connectivity index is 0.000000197. The Labute approximate surface area is 291 Å². The second-order valence-corrected chi connectivity index (χ2v) is 14.6. The molecule has 20 heteroatoms. The number of hydroxylamine groups is 6. The van der Waals surface area contributed by atoms with Gasteiger partial charge in [0.05, 0.1) is 24.3 Å². The maximum Gasteiger partial charge on any atom is 0.418 e. The zero-order valence-corrected chi connectivity index (χ0v) is 29.3. The van der Waals surface area contributed by atoms with Gasteiger partial charge in [0.1, 0.15) is 12.1 Å². The molecule has 6 rings (SSSR count). The summed E-state index contributed by atoms with van der Waals surface area (Å²) in [4.78, 5) is 66.9. The second kappa shape index (κ2) is 15.7. The number of allylic oxidation sites excluding steroid dienone is 2. The number of amides is 6. The van der Waals surface area contributed by atoms with Crippen LogP contribution in [-0.4, -0.2) is 147 Å². The molecule has 0 aromatic rings. The summed E-state index contributed by atoms with van der Waals surface area (Å²) in [6.45, 7) is 15.6. The SMILES string of the molecule is C=C(C)N1CCC(ONC(=O)[C@@H]2CC[C@@H]3CN2C(=O)N3O)CC1.C=C(C)N1CCC(ONC(=O)[C@@H]2CC[C@@H]3CN2C(=O)N3OS(=O)(=O)O)CC1. The normalized spacial score (nSPS) is 27.3. The molecule has 50 heavy (non-hydrogen) atoms. The number of fused-ring (bicyclic) bond motifs is 4. The van der Waals surface area contributed by atoms with Gasteiger partial charge < -0.3 is 19.6 Å². The Hall–Kier alpha value is -3.69. The molecule has 0 saturated carbocycles. The largest absolute Gasteiger partial charge is 0.418 e. The number of likely N-dealkylation sites (tertiary alicyclic amines) is 2. The molecule has 6 heterocycles. The molecule has 280 valence electrons. The van der Waals surface area contributed by atoms with Crippen LogP contribution in [0.5, 0.6) is 0 Å². The van der Waals surface area contributed by atoms with Crippen LogP contribution < -0.4 is 11.0 Å². The van der Waals surface area contributed by atoms with Crippen LogP contribution in [0, 0.1) is 0 Å². The Morgan fingerprint density at radius 1 is 0.720 bits per heavy atom. The number of rotatable bonds is 10. The third-order valence-corrected chi connectivity index (χ3v) is 10.4. The van der Waals surface area contributed by atoms with E-state index in [0.29, 0.717) is 37.3 Å². The van der Waals surface area contributed by atoms with Gasteiger partial charge >= 0.3 is 22.5 Å². The van der Waals surface area contributed by atoms with Gasteiger partial charge in [-0.05, 0) is 65.2 Å². The zero-order valence-electron chi connectivity index (χ0n) is 28.4. The van der Waals surface area contributed by atoms with E-state index in [1.165, 1.54) is 9.80 Å². The summed E-state index contributed by atoms with van der Waals surface area (Å²) in [6, 6.07) is -3.34. The van der Waals surface area contributed by atoms with Gasteiger partial charge in [0.2, 0.25) is 0 Å². The lowest BCUT2D eigenvalue weighted by Crippen LogP contribution is -2.50. The number of urea groups is 2. The summed E-state index contributed by atoms with van der Waals surface area (Å²) in [7, 11) is -4.81.